The largest absolute Gasteiger partial charge is 0.495 e. The van der Waals surface area contributed by atoms with Gasteiger partial charge in [0.15, 0.2) is 0 Å². The zero-order valence-electron chi connectivity index (χ0n) is 15.7. The lowest BCUT2D eigenvalue weighted by Gasteiger charge is -2.13. The number of halogens is 1. The van der Waals surface area contributed by atoms with Crippen LogP contribution in [0.2, 0.25) is 5.02 Å². The van der Waals surface area contributed by atoms with Crippen LogP contribution in [0, 0.1) is 6.92 Å². The smallest absolute Gasteiger partial charge is 0.255 e. The minimum absolute atomic E-state index is 0.269. The van der Waals surface area contributed by atoms with Gasteiger partial charge < -0.3 is 20.1 Å². The summed E-state index contributed by atoms with van der Waals surface area (Å²) < 4.78 is 10.6. The topological polar surface area (TPSA) is 72.5 Å². The van der Waals surface area contributed by atoms with Gasteiger partial charge in [-0.3, -0.25) is 4.79 Å². The second kappa shape index (κ2) is 8.63. The molecule has 0 aliphatic heterocycles. The maximum Gasteiger partial charge on any atom is 0.255 e. The van der Waals surface area contributed by atoms with E-state index >= 15 is 0 Å². The van der Waals surface area contributed by atoms with Crippen molar-refractivity contribution in [1.82, 2.24) is 4.98 Å². The molecule has 0 aliphatic rings. The number of carbonyl (C=O) groups is 1. The number of aryl methyl sites for hydroxylation is 1. The number of amides is 1. The standard InChI is InChI=1S/C21H20ClN3O3/c1-13-10-17(19(28-3)12-15(13)22)24-20-11-14(8-9-23-20)21(26)25-16-6-4-5-7-18(16)27-2/h4-12H,1-3H3,(H,23,24)(H,25,26). The Balaban J connectivity index is 1.83. The minimum Gasteiger partial charge on any atom is -0.495 e. The van der Waals surface area contributed by atoms with Gasteiger partial charge >= 0.3 is 0 Å². The number of para-hydroxylation sites is 2. The number of benzene rings is 2. The molecule has 2 aromatic carbocycles. The number of rotatable bonds is 6. The maximum absolute atomic E-state index is 12.6. The predicted octanol–water partition coefficient (Wildman–Crippen LogP) is 5.06. The molecule has 0 aliphatic carbocycles. The van der Waals surface area contributed by atoms with E-state index in [9.17, 15) is 4.79 Å². The van der Waals surface area contributed by atoms with E-state index in [0.717, 1.165) is 5.56 Å². The van der Waals surface area contributed by atoms with Gasteiger partial charge in [0.2, 0.25) is 0 Å². The fraction of sp³-hybridized carbons (Fsp3) is 0.143. The first kappa shape index (κ1) is 19.5. The number of hydrogen-bond acceptors (Lipinski definition) is 5. The molecule has 0 fully saturated rings. The quantitative estimate of drug-likeness (QED) is 0.608. The summed E-state index contributed by atoms with van der Waals surface area (Å²) in [6.07, 6.45) is 1.56. The van der Waals surface area contributed by atoms with Gasteiger partial charge in [0, 0.05) is 22.8 Å². The Hall–Kier alpha value is -3.25. The van der Waals surface area contributed by atoms with Crippen LogP contribution in [0.1, 0.15) is 15.9 Å². The van der Waals surface area contributed by atoms with Crippen LogP contribution in [0.15, 0.2) is 54.7 Å². The summed E-state index contributed by atoms with van der Waals surface area (Å²) in [5.74, 6) is 1.41. The number of carbonyl (C=O) groups excluding carboxylic acids is 1. The number of anilines is 3. The molecule has 1 heterocycles. The summed E-state index contributed by atoms with van der Waals surface area (Å²) in [6.45, 7) is 1.90. The minimum atomic E-state index is -0.269. The van der Waals surface area contributed by atoms with Crippen molar-refractivity contribution in [3.63, 3.8) is 0 Å². The van der Waals surface area contributed by atoms with Crippen LogP contribution in [0.25, 0.3) is 0 Å². The third-order valence-electron chi connectivity index (χ3n) is 4.12. The average molecular weight is 398 g/mol. The third kappa shape index (κ3) is 4.35. The van der Waals surface area contributed by atoms with Gasteiger partial charge in [-0.1, -0.05) is 23.7 Å². The van der Waals surface area contributed by atoms with Gasteiger partial charge in [-0.2, -0.15) is 0 Å². The third-order valence-corrected chi connectivity index (χ3v) is 4.53. The fourth-order valence-electron chi connectivity index (χ4n) is 2.65. The van der Waals surface area contributed by atoms with Gasteiger partial charge in [0.05, 0.1) is 25.6 Å². The summed E-state index contributed by atoms with van der Waals surface area (Å²) in [6, 6.07) is 14.1. The predicted molar refractivity (Wildman–Crippen MR) is 111 cm³/mol. The molecular weight excluding hydrogens is 378 g/mol. The van der Waals surface area contributed by atoms with Crippen LogP contribution in [-0.2, 0) is 0 Å². The molecule has 144 valence electrons. The molecule has 7 heteroatoms. The van der Waals surface area contributed by atoms with Gasteiger partial charge in [0.1, 0.15) is 17.3 Å². The number of nitrogens with one attached hydrogen (secondary N) is 2. The number of pyridine rings is 1. The van der Waals surface area contributed by atoms with E-state index in [-0.39, 0.29) is 5.91 Å². The highest BCUT2D eigenvalue weighted by Gasteiger charge is 2.12. The molecule has 0 bridgehead atoms. The molecule has 0 spiro atoms. The zero-order chi connectivity index (χ0) is 20.1. The SMILES string of the molecule is COc1ccccc1NC(=O)c1ccnc(Nc2cc(C)c(Cl)cc2OC)c1. The molecular formula is C21H20ClN3O3. The lowest BCUT2D eigenvalue weighted by molar-refractivity contribution is 0.102. The van der Waals surface area contributed by atoms with Crippen LogP contribution >= 0.6 is 11.6 Å². The molecule has 2 N–H and O–H groups in total. The molecule has 0 unspecified atom stereocenters. The van der Waals surface area contributed by atoms with E-state index in [2.05, 4.69) is 15.6 Å². The second-order valence-corrected chi connectivity index (χ2v) is 6.42. The van der Waals surface area contributed by atoms with E-state index < -0.39 is 0 Å². The summed E-state index contributed by atoms with van der Waals surface area (Å²) in [5, 5.41) is 6.63. The van der Waals surface area contributed by atoms with Gasteiger partial charge in [0.25, 0.3) is 5.91 Å². The van der Waals surface area contributed by atoms with Gasteiger partial charge in [-0.25, -0.2) is 4.98 Å². The van der Waals surface area contributed by atoms with Gasteiger partial charge in [-0.15, -0.1) is 0 Å². The summed E-state index contributed by atoms with van der Waals surface area (Å²) in [4.78, 5) is 16.9. The molecule has 1 amide bonds. The number of ether oxygens (including phenoxy) is 2. The van der Waals surface area contributed by atoms with Crippen LogP contribution in [0.5, 0.6) is 11.5 Å². The monoisotopic (exact) mass is 397 g/mol. The first-order valence-electron chi connectivity index (χ1n) is 8.53. The van der Waals surface area contributed by atoms with E-state index in [1.165, 1.54) is 0 Å². The van der Waals surface area contributed by atoms with Crippen LogP contribution < -0.4 is 20.1 Å². The highest BCUT2D eigenvalue weighted by atomic mass is 35.5. The maximum atomic E-state index is 12.6. The Kier molecular flexibility index (Phi) is 6.01. The first-order chi connectivity index (χ1) is 13.5. The number of nitrogens with zero attached hydrogens (tertiary/aromatic N) is 1. The van der Waals surface area contributed by atoms with Crippen molar-refractivity contribution in [3.8, 4) is 11.5 Å². The Morgan fingerprint density at radius 2 is 1.75 bits per heavy atom. The highest BCUT2D eigenvalue weighted by Crippen LogP contribution is 2.33. The Morgan fingerprint density at radius 1 is 1.00 bits per heavy atom. The molecule has 0 atom stereocenters. The molecule has 0 radical (unpaired) electrons. The molecule has 0 saturated carbocycles. The molecule has 3 aromatic rings. The van der Waals surface area contributed by atoms with Crippen LogP contribution in [-0.4, -0.2) is 25.1 Å². The Bertz CT molecular complexity index is 1010. The van der Waals surface area contributed by atoms with Crippen molar-refractivity contribution in [3.05, 3.63) is 70.9 Å². The lowest BCUT2D eigenvalue weighted by Crippen LogP contribution is -2.13. The van der Waals surface area contributed by atoms with Crippen LogP contribution in [0.3, 0.4) is 0 Å². The zero-order valence-corrected chi connectivity index (χ0v) is 16.5. The molecule has 28 heavy (non-hydrogen) atoms. The first-order valence-corrected chi connectivity index (χ1v) is 8.91. The summed E-state index contributed by atoms with van der Waals surface area (Å²) in [5.41, 5.74) is 2.65. The summed E-state index contributed by atoms with van der Waals surface area (Å²) >= 11 is 6.15. The number of methoxy groups -OCH3 is 2. The van der Waals surface area contributed by atoms with Crippen molar-refractivity contribution in [2.24, 2.45) is 0 Å². The molecule has 1 aromatic heterocycles. The van der Waals surface area contributed by atoms with Crippen LogP contribution in [0.4, 0.5) is 17.2 Å². The highest BCUT2D eigenvalue weighted by molar-refractivity contribution is 6.31. The average Bonchev–Trinajstić information content (AvgIpc) is 2.71. The normalized spacial score (nSPS) is 10.3. The number of aromatic nitrogens is 1. The Morgan fingerprint density at radius 3 is 2.50 bits per heavy atom. The van der Waals surface area contributed by atoms with Crippen molar-refractivity contribution in [2.75, 3.05) is 24.9 Å². The molecule has 6 nitrogen and oxygen atoms in total. The van der Waals surface area contributed by atoms with E-state index in [4.69, 9.17) is 21.1 Å². The van der Waals surface area contributed by atoms with Crippen molar-refractivity contribution in [2.45, 2.75) is 6.92 Å². The lowest BCUT2D eigenvalue weighted by atomic mass is 10.2. The molecule has 3 rings (SSSR count). The molecule has 0 saturated heterocycles. The number of hydrogen-bond donors (Lipinski definition) is 2. The van der Waals surface area contributed by atoms with E-state index in [1.54, 1.807) is 50.7 Å². The Labute approximate surface area is 168 Å². The van der Waals surface area contributed by atoms with E-state index in [1.807, 2.05) is 25.1 Å². The summed E-state index contributed by atoms with van der Waals surface area (Å²) in [7, 11) is 3.12. The van der Waals surface area contributed by atoms with Crippen molar-refractivity contribution >= 4 is 34.7 Å². The van der Waals surface area contributed by atoms with Crippen molar-refractivity contribution < 1.29 is 14.3 Å². The van der Waals surface area contributed by atoms with E-state index in [0.29, 0.717) is 39.3 Å². The second-order valence-electron chi connectivity index (χ2n) is 6.01. The fourth-order valence-corrected chi connectivity index (χ4v) is 2.80. The van der Waals surface area contributed by atoms with Crippen molar-refractivity contribution in [1.29, 1.82) is 0 Å². The van der Waals surface area contributed by atoms with Gasteiger partial charge in [-0.05, 0) is 42.8 Å².